The molecule has 1 aliphatic rings. The molecule has 1 saturated heterocycles. The van der Waals surface area contributed by atoms with E-state index in [2.05, 4.69) is 4.90 Å². The topological polar surface area (TPSA) is 60.9 Å². The number of phenolic OH excluding ortho intramolecular Hbond substituents is 1. The van der Waals surface area contributed by atoms with E-state index in [-0.39, 0.29) is 17.4 Å². The number of hydrogen-bond acceptors (Lipinski definition) is 4. The summed E-state index contributed by atoms with van der Waals surface area (Å²) in [7, 11) is 4.02. The highest BCUT2D eigenvalue weighted by atomic mass is 16.3. The number of amides is 1. The summed E-state index contributed by atoms with van der Waals surface area (Å²) in [6.07, 6.45) is 0. The largest absolute Gasteiger partial charge is 0.508 e. The number of likely N-dealkylation sites (tertiary alicyclic amines) is 1. The molecule has 5 heteroatoms. The number of aromatic hydroxyl groups is 1. The van der Waals surface area contributed by atoms with Gasteiger partial charge >= 0.3 is 0 Å². The van der Waals surface area contributed by atoms with E-state index in [1.807, 2.05) is 14.1 Å². The Morgan fingerprint density at radius 3 is 2.21 bits per heavy atom. The number of benzene rings is 2. The van der Waals surface area contributed by atoms with Gasteiger partial charge < -0.3 is 14.9 Å². The number of hydrogen-bond donors (Lipinski definition) is 1. The van der Waals surface area contributed by atoms with Crippen LogP contribution in [0.25, 0.3) is 0 Å². The van der Waals surface area contributed by atoms with Gasteiger partial charge in [-0.2, -0.15) is 0 Å². The molecule has 24 heavy (non-hydrogen) atoms. The van der Waals surface area contributed by atoms with Crippen molar-refractivity contribution in [3.8, 4) is 5.75 Å². The highest BCUT2D eigenvalue weighted by Crippen LogP contribution is 2.19. The van der Waals surface area contributed by atoms with Gasteiger partial charge in [0.25, 0.3) is 5.91 Å². The van der Waals surface area contributed by atoms with Crippen molar-refractivity contribution < 1.29 is 14.7 Å². The summed E-state index contributed by atoms with van der Waals surface area (Å²) in [6.45, 7) is 1.46. The fourth-order valence-corrected chi connectivity index (χ4v) is 2.71. The van der Waals surface area contributed by atoms with Crippen LogP contribution in [-0.2, 0) is 0 Å². The average molecular weight is 324 g/mol. The molecule has 0 aliphatic carbocycles. The van der Waals surface area contributed by atoms with Crippen LogP contribution in [0, 0.1) is 0 Å². The number of phenols is 1. The van der Waals surface area contributed by atoms with Crippen molar-refractivity contribution in [3.63, 3.8) is 0 Å². The van der Waals surface area contributed by atoms with Gasteiger partial charge in [0.05, 0.1) is 0 Å². The maximum Gasteiger partial charge on any atom is 0.253 e. The van der Waals surface area contributed by atoms with Gasteiger partial charge in [-0.25, -0.2) is 0 Å². The summed E-state index contributed by atoms with van der Waals surface area (Å²) >= 11 is 0. The van der Waals surface area contributed by atoms with Crippen LogP contribution in [0.2, 0.25) is 0 Å². The number of rotatable bonds is 4. The molecule has 1 N–H and O–H groups in total. The molecule has 1 fully saturated rings. The lowest BCUT2D eigenvalue weighted by Gasteiger charge is -2.42. The number of carbonyl (C=O) groups excluding carboxylic acids is 2. The third-order valence-electron chi connectivity index (χ3n) is 4.38. The van der Waals surface area contributed by atoms with Gasteiger partial charge in [-0.3, -0.25) is 9.59 Å². The molecule has 5 nitrogen and oxygen atoms in total. The minimum absolute atomic E-state index is 0.00976. The predicted octanol–water partition coefficient (Wildman–Crippen LogP) is 2.01. The Morgan fingerprint density at radius 1 is 1.00 bits per heavy atom. The van der Waals surface area contributed by atoms with Gasteiger partial charge in [0.2, 0.25) is 0 Å². The maximum absolute atomic E-state index is 12.4. The number of ketones is 1. The normalized spacial score (nSPS) is 14.5. The van der Waals surface area contributed by atoms with Crippen LogP contribution < -0.4 is 0 Å². The van der Waals surface area contributed by atoms with Crippen LogP contribution in [0.4, 0.5) is 0 Å². The third kappa shape index (κ3) is 3.16. The van der Waals surface area contributed by atoms with Crippen molar-refractivity contribution in [1.29, 1.82) is 0 Å². The summed E-state index contributed by atoms with van der Waals surface area (Å²) in [5, 5.41) is 9.47. The third-order valence-corrected chi connectivity index (χ3v) is 4.38. The molecule has 1 heterocycles. The van der Waals surface area contributed by atoms with E-state index in [0.717, 1.165) is 13.1 Å². The quantitative estimate of drug-likeness (QED) is 0.874. The van der Waals surface area contributed by atoms with Crippen LogP contribution >= 0.6 is 0 Å². The van der Waals surface area contributed by atoms with Crippen molar-refractivity contribution in [1.82, 2.24) is 9.80 Å². The Balaban J connectivity index is 1.70. The highest BCUT2D eigenvalue weighted by Gasteiger charge is 2.32. The lowest BCUT2D eigenvalue weighted by molar-refractivity contribution is 0.0399. The second-order valence-corrected chi connectivity index (χ2v) is 6.28. The van der Waals surface area contributed by atoms with E-state index in [1.54, 1.807) is 41.3 Å². The molecule has 0 atom stereocenters. The molecule has 0 aromatic heterocycles. The minimum atomic E-state index is -0.179. The molecule has 2 aromatic carbocycles. The highest BCUT2D eigenvalue weighted by molar-refractivity contribution is 6.09. The van der Waals surface area contributed by atoms with Crippen molar-refractivity contribution in [2.45, 2.75) is 6.04 Å². The van der Waals surface area contributed by atoms with E-state index >= 15 is 0 Å². The summed E-state index contributed by atoms with van der Waals surface area (Å²) < 4.78 is 0. The van der Waals surface area contributed by atoms with Gasteiger partial charge in [-0.1, -0.05) is 24.3 Å². The van der Waals surface area contributed by atoms with Crippen molar-refractivity contribution in [3.05, 3.63) is 65.2 Å². The summed E-state index contributed by atoms with van der Waals surface area (Å²) in [5.74, 6) is -0.133. The van der Waals surface area contributed by atoms with Gasteiger partial charge in [-0.05, 0) is 38.4 Å². The van der Waals surface area contributed by atoms with Crippen molar-refractivity contribution in [2.24, 2.45) is 0 Å². The number of nitrogens with zero attached hydrogens (tertiary/aromatic N) is 2. The standard InChI is InChI=1S/C19H20N2O3/c1-20(2)16-11-21(12-16)19(24)14-8-6-13(7-9-14)18(23)15-4-3-5-17(22)10-15/h3-10,16,22H,11-12H2,1-2H3. The zero-order chi connectivity index (χ0) is 17.3. The van der Waals surface area contributed by atoms with E-state index < -0.39 is 0 Å². The molecule has 3 rings (SSSR count). The van der Waals surface area contributed by atoms with Gasteiger partial charge in [-0.15, -0.1) is 0 Å². The molecule has 1 aliphatic heterocycles. The van der Waals surface area contributed by atoms with Crippen LogP contribution in [-0.4, -0.2) is 59.8 Å². The van der Waals surface area contributed by atoms with Crippen molar-refractivity contribution in [2.75, 3.05) is 27.2 Å². The minimum Gasteiger partial charge on any atom is -0.508 e. The Kier molecular flexibility index (Phi) is 4.36. The van der Waals surface area contributed by atoms with Crippen LogP contribution in [0.15, 0.2) is 48.5 Å². The number of likely N-dealkylation sites (N-methyl/N-ethyl adjacent to an activating group) is 1. The Bertz CT molecular complexity index is 762. The molecule has 0 saturated carbocycles. The zero-order valence-corrected chi connectivity index (χ0v) is 13.8. The summed E-state index contributed by atoms with van der Waals surface area (Å²) in [4.78, 5) is 28.7. The predicted molar refractivity (Wildman–Crippen MR) is 91.4 cm³/mol. The van der Waals surface area contributed by atoms with E-state index in [1.165, 1.54) is 12.1 Å². The average Bonchev–Trinajstić information content (AvgIpc) is 2.52. The van der Waals surface area contributed by atoms with Gasteiger partial charge in [0, 0.05) is 35.8 Å². The number of carbonyl (C=O) groups is 2. The van der Waals surface area contributed by atoms with E-state index in [0.29, 0.717) is 22.7 Å². The van der Waals surface area contributed by atoms with E-state index in [9.17, 15) is 14.7 Å². The first-order valence-corrected chi connectivity index (χ1v) is 7.85. The first kappa shape index (κ1) is 16.2. The second-order valence-electron chi connectivity index (χ2n) is 6.28. The Morgan fingerprint density at radius 2 is 1.62 bits per heavy atom. The SMILES string of the molecule is CN(C)C1CN(C(=O)c2ccc(C(=O)c3cccc(O)c3)cc2)C1. The van der Waals surface area contributed by atoms with Crippen LogP contribution in [0.3, 0.4) is 0 Å². The maximum atomic E-state index is 12.4. The van der Waals surface area contributed by atoms with Crippen molar-refractivity contribution >= 4 is 11.7 Å². The van der Waals surface area contributed by atoms with Crippen LogP contribution in [0.1, 0.15) is 26.3 Å². The first-order valence-electron chi connectivity index (χ1n) is 7.85. The van der Waals surface area contributed by atoms with Gasteiger partial charge in [0.15, 0.2) is 5.78 Å². The second kappa shape index (κ2) is 6.45. The molecule has 0 radical (unpaired) electrons. The Hall–Kier alpha value is -2.66. The molecular formula is C19H20N2O3. The molecule has 0 spiro atoms. The fraction of sp³-hybridized carbons (Fsp3) is 0.263. The molecule has 1 amide bonds. The first-order chi connectivity index (χ1) is 11.5. The smallest absolute Gasteiger partial charge is 0.253 e. The molecule has 2 aromatic rings. The lowest BCUT2D eigenvalue weighted by Crippen LogP contribution is -2.59. The van der Waals surface area contributed by atoms with Gasteiger partial charge in [0.1, 0.15) is 5.75 Å². The zero-order valence-electron chi connectivity index (χ0n) is 13.8. The lowest BCUT2D eigenvalue weighted by atomic mass is 10.0. The fourth-order valence-electron chi connectivity index (χ4n) is 2.71. The molecule has 0 unspecified atom stereocenters. The monoisotopic (exact) mass is 324 g/mol. The summed E-state index contributed by atoms with van der Waals surface area (Å²) in [5.41, 5.74) is 1.50. The summed E-state index contributed by atoms with van der Waals surface area (Å²) in [6, 6.07) is 13.3. The Labute approximate surface area is 141 Å². The molecular weight excluding hydrogens is 304 g/mol. The molecule has 124 valence electrons. The van der Waals surface area contributed by atoms with E-state index in [4.69, 9.17) is 0 Å². The van der Waals surface area contributed by atoms with Crippen LogP contribution in [0.5, 0.6) is 5.75 Å². The molecule has 0 bridgehead atoms.